The lowest BCUT2D eigenvalue weighted by Gasteiger charge is -2.23. The third-order valence-electron chi connectivity index (χ3n) is 7.53. The molecule has 41 heavy (non-hydrogen) atoms. The van der Waals surface area contributed by atoms with E-state index in [2.05, 4.69) is 38.2 Å². The minimum Gasteiger partial charge on any atom is -0.465 e. The fourth-order valence-corrected chi connectivity index (χ4v) is 4.71. The van der Waals surface area contributed by atoms with Gasteiger partial charge in [-0.2, -0.15) is 0 Å². The fourth-order valence-electron chi connectivity index (χ4n) is 4.71. The van der Waals surface area contributed by atoms with Crippen LogP contribution >= 0.6 is 0 Å². The van der Waals surface area contributed by atoms with E-state index in [1.807, 2.05) is 13.8 Å². The van der Waals surface area contributed by atoms with Crippen LogP contribution in [0.15, 0.2) is 24.3 Å². The normalized spacial score (nSPS) is 12.0. The fraction of sp³-hybridized carbons (Fsp3) is 0.838. The lowest BCUT2D eigenvalue weighted by molar-refractivity contribution is -0.152. The van der Waals surface area contributed by atoms with Gasteiger partial charge in [-0.25, -0.2) is 0 Å². The van der Waals surface area contributed by atoms with Gasteiger partial charge in [0.2, 0.25) is 0 Å². The van der Waals surface area contributed by atoms with Crippen molar-refractivity contribution in [2.24, 2.45) is 5.41 Å². The Hall–Kier alpha value is -1.58. The molecule has 0 saturated carbocycles. The number of rotatable bonds is 30. The van der Waals surface area contributed by atoms with Crippen molar-refractivity contribution >= 4 is 11.9 Å². The summed E-state index contributed by atoms with van der Waals surface area (Å²) in [5.41, 5.74) is -0.363. The maximum atomic E-state index is 12.1. The standard InChI is InChI=1S/C37H68O4/c1-5-7-9-11-13-15-17-19-21-23-25-27-29-31-35(38)40-33-37(3,4)34-41-36(39)32-30-28-26-24-22-20-18-16-14-12-10-8-6-2/h15-18H,5-14,19-34H2,1-4H3/b17-15-,18-16-. The molecule has 0 radical (unpaired) electrons. The second-order valence-corrected chi connectivity index (χ2v) is 12.7. The molecule has 0 bridgehead atoms. The lowest BCUT2D eigenvalue weighted by Crippen LogP contribution is -2.28. The highest BCUT2D eigenvalue weighted by molar-refractivity contribution is 5.69. The van der Waals surface area contributed by atoms with Gasteiger partial charge in [-0.1, -0.05) is 129 Å². The number of carbonyl (C=O) groups excluding carboxylic acids is 2. The van der Waals surface area contributed by atoms with Gasteiger partial charge in [-0.05, 0) is 64.2 Å². The highest BCUT2D eigenvalue weighted by atomic mass is 16.5. The minimum atomic E-state index is -0.363. The Morgan fingerprint density at radius 2 is 0.756 bits per heavy atom. The van der Waals surface area contributed by atoms with E-state index in [9.17, 15) is 9.59 Å². The molecule has 4 nitrogen and oxygen atoms in total. The first kappa shape index (κ1) is 39.4. The molecule has 0 aromatic heterocycles. The maximum Gasteiger partial charge on any atom is 0.305 e. The third kappa shape index (κ3) is 31.2. The summed E-state index contributed by atoms with van der Waals surface area (Å²) in [6.45, 7) is 9.04. The van der Waals surface area contributed by atoms with E-state index in [-0.39, 0.29) is 30.6 Å². The number of unbranched alkanes of at least 4 members (excludes halogenated alkanes) is 18. The Balaban J connectivity index is 3.61. The zero-order valence-corrected chi connectivity index (χ0v) is 27.8. The van der Waals surface area contributed by atoms with E-state index in [0.29, 0.717) is 12.8 Å². The quantitative estimate of drug-likeness (QED) is 0.0485. The van der Waals surface area contributed by atoms with Gasteiger partial charge in [0.05, 0.1) is 13.2 Å². The first-order valence-electron chi connectivity index (χ1n) is 17.5. The molecule has 4 heteroatoms. The van der Waals surface area contributed by atoms with Gasteiger partial charge in [0, 0.05) is 18.3 Å². The van der Waals surface area contributed by atoms with Crippen LogP contribution < -0.4 is 0 Å². The van der Waals surface area contributed by atoms with Crippen LogP contribution in [-0.4, -0.2) is 25.2 Å². The first-order chi connectivity index (χ1) is 19.9. The van der Waals surface area contributed by atoms with E-state index >= 15 is 0 Å². The maximum absolute atomic E-state index is 12.1. The second-order valence-electron chi connectivity index (χ2n) is 12.7. The molecule has 0 N–H and O–H groups in total. The van der Waals surface area contributed by atoms with Crippen LogP contribution in [0.5, 0.6) is 0 Å². The highest BCUT2D eigenvalue weighted by Gasteiger charge is 2.22. The van der Waals surface area contributed by atoms with Gasteiger partial charge in [0.1, 0.15) is 0 Å². The van der Waals surface area contributed by atoms with Crippen molar-refractivity contribution in [2.45, 2.75) is 182 Å². The summed E-state index contributed by atoms with van der Waals surface area (Å²) in [5, 5.41) is 0. The van der Waals surface area contributed by atoms with Crippen LogP contribution in [0.1, 0.15) is 182 Å². The van der Waals surface area contributed by atoms with Crippen molar-refractivity contribution < 1.29 is 19.1 Å². The van der Waals surface area contributed by atoms with Crippen LogP contribution in [-0.2, 0) is 19.1 Å². The van der Waals surface area contributed by atoms with Crippen molar-refractivity contribution in [3.05, 3.63) is 24.3 Å². The van der Waals surface area contributed by atoms with E-state index < -0.39 is 0 Å². The Labute approximate surface area is 255 Å². The Kier molecular flexibility index (Phi) is 28.7. The summed E-state index contributed by atoms with van der Waals surface area (Å²) in [6, 6.07) is 0. The van der Waals surface area contributed by atoms with Gasteiger partial charge in [0.15, 0.2) is 0 Å². The molecule has 0 aliphatic rings. The second kappa shape index (κ2) is 29.9. The Morgan fingerprint density at radius 1 is 0.463 bits per heavy atom. The highest BCUT2D eigenvalue weighted by Crippen LogP contribution is 2.18. The van der Waals surface area contributed by atoms with Gasteiger partial charge in [-0.3, -0.25) is 9.59 Å². The summed E-state index contributed by atoms with van der Waals surface area (Å²) in [4.78, 5) is 24.3. The predicted octanol–water partition coefficient (Wildman–Crippen LogP) is 11.6. The van der Waals surface area contributed by atoms with Crippen LogP contribution in [0.3, 0.4) is 0 Å². The first-order valence-corrected chi connectivity index (χ1v) is 17.5. The molecule has 0 fully saturated rings. The monoisotopic (exact) mass is 577 g/mol. The van der Waals surface area contributed by atoms with Gasteiger partial charge in [0.25, 0.3) is 0 Å². The summed E-state index contributed by atoms with van der Waals surface area (Å²) >= 11 is 0. The average molecular weight is 577 g/mol. The number of hydrogen-bond acceptors (Lipinski definition) is 4. The predicted molar refractivity (Wildman–Crippen MR) is 176 cm³/mol. The van der Waals surface area contributed by atoms with Crippen LogP contribution in [0, 0.1) is 5.41 Å². The van der Waals surface area contributed by atoms with E-state index in [0.717, 1.165) is 25.7 Å². The van der Waals surface area contributed by atoms with Crippen molar-refractivity contribution in [2.75, 3.05) is 13.2 Å². The molecule has 0 heterocycles. The SMILES string of the molecule is CCCCCC/C=C\CCCCCCCC(=O)OCC(C)(C)COC(=O)CCCCCCC/C=C\CCCCCC. The number of carbonyl (C=O) groups is 2. The average Bonchev–Trinajstić information content (AvgIpc) is 2.96. The Bertz CT molecular complexity index is 595. The number of ether oxygens (including phenoxy) is 2. The molecule has 0 aromatic rings. The molecule has 0 atom stereocenters. The number of esters is 2. The Morgan fingerprint density at radius 3 is 1.10 bits per heavy atom. The summed E-state index contributed by atoms with van der Waals surface area (Å²) in [5.74, 6) is -0.282. The van der Waals surface area contributed by atoms with Crippen LogP contribution in [0.4, 0.5) is 0 Å². The van der Waals surface area contributed by atoms with Crippen molar-refractivity contribution in [1.29, 1.82) is 0 Å². The lowest BCUT2D eigenvalue weighted by atomic mass is 9.96. The summed E-state index contributed by atoms with van der Waals surface area (Å²) in [6.07, 6.45) is 36.9. The van der Waals surface area contributed by atoms with Crippen LogP contribution in [0.2, 0.25) is 0 Å². The van der Waals surface area contributed by atoms with Gasteiger partial charge in [-0.15, -0.1) is 0 Å². The molecule has 0 saturated heterocycles. The van der Waals surface area contributed by atoms with E-state index in [1.165, 1.54) is 116 Å². The smallest absolute Gasteiger partial charge is 0.305 e. The third-order valence-corrected chi connectivity index (χ3v) is 7.53. The number of allylic oxidation sites excluding steroid dienone is 4. The van der Waals surface area contributed by atoms with E-state index in [4.69, 9.17) is 9.47 Å². The molecule has 0 rings (SSSR count). The van der Waals surface area contributed by atoms with Crippen LogP contribution in [0.25, 0.3) is 0 Å². The molecular weight excluding hydrogens is 508 g/mol. The topological polar surface area (TPSA) is 52.6 Å². The number of hydrogen-bond donors (Lipinski definition) is 0. The molecule has 0 aromatic carbocycles. The van der Waals surface area contributed by atoms with Crippen molar-refractivity contribution in [1.82, 2.24) is 0 Å². The molecular formula is C37H68O4. The minimum absolute atomic E-state index is 0.141. The summed E-state index contributed by atoms with van der Waals surface area (Å²) in [7, 11) is 0. The van der Waals surface area contributed by atoms with Gasteiger partial charge < -0.3 is 9.47 Å². The zero-order valence-electron chi connectivity index (χ0n) is 27.8. The molecule has 0 spiro atoms. The molecule has 0 unspecified atom stereocenters. The molecule has 0 aliphatic carbocycles. The summed E-state index contributed by atoms with van der Waals surface area (Å²) < 4.78 is 11.0. The van der Waals surface area contributed by atoms with E-state index in [1.54, 1.807) is 0 Å². The molecule has 240 valence electrons. The van der Waals surface area contributed by atoms with Gasteiger partial charge >= 0.3 is 11.9 Å². The largest absolute Gasteiger partial charge is 0.465 e. The molecule has 0 aliphatic heterocycles. The van der Waals surface area contributed by atoms with Crippen molar-refractivity contribution in [3.8, 4) is 0 Å². The zero-order chi connectivity index (χ0) is 30.3. The van der Waals surface area contributed by atoms with Crippen molar-refractivity contribution in [3.63, 3.8) is 0 Å². The molecule has 0 amide bonds.